The van der Waals surface area contributed by atoms with Gasteiger partial charge in [0.15, 0.2) is 23.0 Å². The molecule has 10 rings (SSSR count). The number of fused-ring (bicyclic) bond motifs is 16. The van der Waals surface area contributed by atoms with Gasteiger partial charge in [-0.3, -0.25) is 0 Å². The molecule has 4 aliphatic rings. The molecule has 4 aliphatic heterocycles. The lowest BCUT2D eigenvalue weighted by atomic mass is 10.0. The standard InChI is InChI=1S/C38H34N2O10S2/c1-2-24-4-6-32-40-34(24)33-23(1)3-5-31(39-33)47-13-9-41-7-11-43-27-19-26(38-36-30(22-52-38)46-16-18-50-36)28(44-12-8-42-10-14-48-32)20-25(27)37-35-29(21-51-37)45-15-17-49-35/h1-6,19-22H,7-18H2. The van der Waals surface area contributed by atoms with Crippen molar-refractivity contribution in [2.75, 3.05) is 79.3 Å². The third-order valence-electron chi connectivity index (χ3n) is 8.57. The summed E-state index contributed by atoms with van der Waals surface area (Å²) in [4.78, 5) is 11.3. The number of pyridine rings is 2. The maximum atomic E-state index is 6.47. The van der Waals surface area contributed by atoms with Crippen molar-refractivity contribution in [3.05, 3.63) is 59.3 Å². The van der Waals surface area contributed by atoms with Gasteiger partial charge in [0.05, 0.1) is 36.2 Å². The van der Waals surface area contributed by atoms with E-state index >= 15 is 0 Å². The number of hydrogen-bond acceptors (Lipinski definition) is 14. The number of rotatable bonds is 2. The predicted octanol–water partition coefficient (Wildman–Crippen LogP) is 7.04. The van der Waals surface area contributed by atoms with Crippen molar-refractivity contribution in [3.63, 3.8) is 0 Å². The number of hydrogen-bond donors (Lipinski definition) is 0. The zero-order valence-corrected chi connectivity index (χ0v) is 29.7. The fourth-order valence-corrected chi connectivity index (χ4v) is 8.09. The number of aromatic nitrogens is 2. The Morgan fingerprint density at radius 1 is 0.404 bits per heavy atom. The molecule has 0 fully saturated rings. The van der Waals surface area contributed by atoms with Crippen molar-refractivity contribution in [2.24, 2.45) is 0 Å². The minimum absolute atomic E-state index is 0.295. The van der Waals surface area contributed by atoms with Crippen LogP contribution in [-0.2, 0) is 9.47 Å². The van der Waals surface area contributed by atoms with E-state index in [1.54, 1.807) is 0 Å². The molecule has 268 valence electrons. The van der Waals surface area contributed by atoms with Crippen LogP contribution in [0.5, 0.6) is 46.3 Å². The van der Waals surface area contributed by atoms with Crippen molar-refractivity contribution in [2.45, 2.75) is 0 Å². The van der Waals surface area contributed by atoms with Crippen molar-refractivity contribution in [1.29, 1.82) is 0 Å². The molecule has 12 nitrogen and oxygen atoms in total. The first-order valence-electron chi connectivity index (χ1n) is 17.1. The Labute approximate surface area is 306 Å². The molecule has 0 amide bonds. The molecular formula is C38H34N2O10S2. The monoisotopic (exact) mass is 742 g/mol. The zero-order chi connectivity index (χ0) is 34.7. The summed E-state index contributed by atoms with van der Waals surface area (Å²) in [5.41, 5.74) is 3.11. The molecule has 2 aromatic carbocycles. The van der Waals surface area contributed by atoms with Crippen LogP contribution in [0.15, 0.2) is 59.3 Å². The van der Waals surface area contributed by atoms with E-state index in [9.17, 15) is 0 Å². The predicted molar refractivity (Wildman–Crippen MR) is 196 cm³/mol. The minimum atomic E-state index is 0.295. The van der Waals surface area contributed by atoms with Crippen LogP contribution < -0.4 is 37.9 Å². The smallest absolute Gasteiger partial charge is 0.213 e. The summed E-state index contributed by atoms with van der Waals surface area (Å²) in [5, 5.41) is 5.83. The number of ether oxygens (including phenoxy) is 10. The van der Waals surface area contributed by atoms with Crippen LogP contribution in [0.1, 0.15) is 0 Å². The van der Waals surface area contributed by atoms with E-state index in [0.717, 1.165) is 42.7 Å². The van der Waals surface area contributed by atoms with Gasteiger partial charge < -0.3 is 47.4 Å². The Balaban J connectivity index is 1.02. The lowest BCUT2D eigenvalue weighted by Gasteiger charge is -2.21. The van der Waals surface area contributed by atoms with Crippen molar-refractivity contribution in [1.82, 2.24) is 9.97 Å². The van der Waals surface area contributed by atoms with Gasteiger partial charge in [0, 0.05) is 44.8 Å². The quantitative estimate of drug-likeness (QED) is 0.134. The van der Waals surface area contributed by atoms with E-state index < -0.39 is 0 Å². The summed E-state index contributed by atoms with van der Waals surface area (Å²) in [6.45, 7) is 4.53. The molecule has 52 heavy (non-hydrogen) atoms. The van der Waals surface area contributed by atoms with Crippen LogP contribution in [0.2, 0.25) is 0 Å². The summed E-state index contributed by atoms with van der Waals surface area (Å²) >= 11 is 3.06. The molecule has 0 aliphatic carbocycles. The maximum absolute atomic E-state index is 6.47. The Kier molecular flexibility index (Phi) is 9.42. The van der Waals surface area contributed by atoms with E-state index in [0.29, 0.717) is 126 Å². The van der Waals surface area contributed by atoms with E-state index in [1.807, 2.05) is 59.3 Å². The van der Waals surface area contributed by atoms with Crippen LogP contribution in [0.4, 0.5) is 0 Å². The summed E-state index contributed by atoms with van der Waals surface area (Å²) in [6, 6.07) is 15.7. The molecule has 0 spiro atoms. The summed E-state index contributed by atoms with van der Waals surface area (Å²) in [6.07, 6.45) is 0. The van der Waals surface area contributed by atoms with E-state index in [4.69, 9.17) is 57.3 Å². The second kappa shape index (κ2) is 14.9. The highest BCUT2D eigenvalue weighted by atomic mass is 32.1. The Morgan fingerprint density at radius 3 is 1.27 bits per heavy atom. The van der Waals surface area contributed by atoms with Gasteiger partial charge >= 0.3 is 0 Å². The van der Waals surface area contributed by atoms with Crippen LogP contribution in [0, 0.1) is 0 Å². The SMILES string of the molecule is c1cc2ccc3ccc4nc3c2nc1OCCOCCOc1cc(-c2scc3c2OCCO3)c(cc1-c1scc2c1OCCO2)OCCOCCO4. The summed E-state index contributed by atoms with van der Waals surface area (Å²) in [5.74, 6) is 5.09. The van der Waals surface area contributed by atoms with Gasteiger partial charge in [0.25, 0.3) is 0 Å². The van der Waals surface area contributed by atoms with Crippen molar-refractivity contribution >= 4 is 44.5 Å². The number of nitrogens with zero attached hydrogens (tertiary/aromatic N) is 2. The first-order valence-corrected chi connectivity index (χ1v) is 18.8. The van der Waals surface area contributed by atoms with Gasteiger partial charge in [-0.1, -0.05) is 12.1 Å². The van der Waals surface area contributed by atoms with E-state index in [-0.39, 0.29) is 0 Å². The molecule has 6 aromatic rings. The molecule has 8 heterocycles. The number of thiophene rings is 2. The van der Waals surface area contributed by atoms with E-state index in [1.165, 1.54) is 22.7 Å². The highest BCUT2D eigenvalue weighted by Crippen LogP contribution is 2.54. The van der Waals surface area contributed by atoms with E-state index in [2.05, 4.69) is 0 Å². The zero-order valence-electron chi connectivity index (χ0n) is 28.1. The molecule has 0 atom stereocenters. The van der Waals surface area contributed by atoms with Crippen LogP contribution >= 0.6 is 22.7 Å². The average molecular weight is 743 g/mol. The number of benzene rings is 2. The van der Waals surface area contributed by atoms with Crippen molar-refractivity contribution < 1.29 is 47.4 Å². The van der Waals surface area contributed by atoms with Gasteiger partial charge in [0.2, 0.25) is 11.8 Å². The summed E-state index contributed by atoms with van der Waals surface area (Å²) in [7, 11) is 0. The molecule has 0 N–H and O–H groups in total. The first-order chi connectivity index (χ1) is 25.8. The minimum Gasteiger partial charge on any atom is -0.490 e. The normalized spacial score (nSPS) is 16.6. The molecule has 0 unspecified atom stereocenters. The lowest BCUT2D eigenvalue weighted by molar-refractivity contribution is 0.0747. The van der Waals surface area contributed by atoms with Gasteiger partial charge in [-0.05, 0) is 24.3 Å². The molecule has 6 bridgehead atoms. The maximum Gasteiger partial charge on any atom is 0.213 e. The Hall–Kier alpha value is -5.02. The molecule has 0 saturated heterocycles. The van der Waals surface area contributed by atoms with Gasteiger partial charge in [-0.15, -0.1) is 22.7 Å². The highest BCUT2D eigenvalue weighted by molar-refractivity contribution is 7.14. The third kappa shape index (κ3) is 6.70. The van der Waals surface area contributed by atoms with Gasteiger partial charge in [0.1, 0.15) is 75.4 Å². The molecule has 14 heteroatoms. The largest absolute Gasteiger partial charge is 0.490 e. The highest BCUT2D eigenvalue weighted by Gasteiger charge is 2.28. The van der Waals surface area contributed by atoms with Gasteiger partial charge in [-0.2, -0.15) is 0 Å². The van der Waals surface area contributed by atoms with Crippen molar-refractivity contribution in [3.8, 4) is 67.1 Å². The summed E-state index contributed by atoms with van der Waals surface area (Å²) < 4.78 is 60.7. The fourth-order valence-electron chi connectivity index (χ4n) is 6.18. The molecule has 0 saturated carbocycles. The van der Waals surface area contributed by atoms with Gasteiger partial charge in [-0.25, -0.2) is 9.97 Å². The molecule has 4 aromatic heterocycles. The average Bonchev–Trinajstić information content (AvgIpc) is 3.82. The lowest BCUT2D eigenvalue weighted by Crippen LogP contribution is -2.15. The van der Waals surface area contributed by atoms with Crippen LogP contribution in [0.25, 0.3) is 42.7 Å². The van der Waals surface area contributed by atoms with Crippen LogP contribution in [0.3, 0.4) is 0 Å². The van der Waals surface area contributed by atoms with Crippen LogP contribution in [-0.4, -0.2) is 89.3 Å². The molecule has 0 radical (unpaired) electrons. The molecular weight excluding hydrogens is 709 g/mol. The topological polar surface area (TPSA) is 118 Å². The Bertz CT molecular complexity index is 2070. The fraction of sp³-hybridized carbons (Fsp3) is 0.316. The first kappa shape index (κ1) is 32.9. The second-order valence-electron chi connectivity index (χ2n) is 11.9. The third-order valence-corrected chi connectivity index (χ3v) is 10.5. The Morgan fingerprint density at radius 2 is 0.788 bits per heavy atom. The second-order valence-corrected chi connectivity index (χ2v) is 13.6.